The van der Waals surface area contributed by atoms with E-state index < -0.39 is 6.10 Å². The number of aliphatic hydroxyl groups is 1. The maximum Gasteiger partial charge on any atom is 0.196 e. The molecule has 0 unspecified atom stereocenters. The number of hydrogen-bond donors (Lipinski definition) is 3. The number of nitrogens with zero attached hydrogens (tertiary/aromatic N) is 2. The van der Waals surface area contributed by atoms with Crippen molar-refractivity contribution in [1.29, 1.82) is 0 Å². The first-order chi connectivity index (χ1) is 17.9. The van der Waals surface area contributed by atoms with Crippen LogP contribution in [0.25, 0.3) is 11.0 Å². The van der Waals surface area contributed by atoms with Gasteiger partial charge in [-0.1, -0.05) is 29.3 Å². The van der Waals surface area contributed by atoms with Crippen molar-refractivity contribution in [2.24, 2.45) is 0 Å². The number of H-pyrrole nitrogens is 1. The van der Waals surface area contributed by atoms with Crippen LogP contribution in [0.2, 0.25) is 10.0 Å². The van der Waals surface area contributed by atoms with Crippen molar-refractivity contribution in [1.82, 2.24) is 15.0 Å². The SMILES string of the molecule is C[C@@H](O)[C@@H]1CCC[C@@H](Nc2ncnc3[nH]cc(C(=O)c4ccc(Oc5cccc(Cl)c5)cc4Cl)c23)CO1. The van der Waals surface area contributed by atoms with Crippen LogP contribution in [0.15, 0.2) is 55.0 Å². The minimum Gasteiger partial charge on any atom is -0.457 e. The number of hydrogen-bond acceptors (Lipinski definition) is 7. The van der Waals surface area contributed by atoms with E-state index in [2.05, 4.69) is 20.3 Å². The molecule has 8 nitrogen and oxygen atoms in total. The highest BCUT2D eigenvalue weighted by Crippen LogP contribution is 2.32. The number of rotatable bonds is 7. The Bertz CT molecular complexity index is 1420. The molecule has 37 heavy (non-hydrogen) atoms. The van der Waals surface area contributed by atoms with E-state index in [0.717, 1.165) is 19.3 Å². The second kappa shape index (κ2) is 11.1. The van der Waals surface area contributed by atoms with E-state index in [0.29, 0.717) is 51.1 Å². The van der Waals surface area contributed by atoms with Crippen molar-refractivity contribution in [3.63, 3.8) is 0 Å². The summed E-state index contributed by atoms with van der Waals surface area (Å²) < 4.78 is 11.7. The van der Waals surface area contributed by atoms with Gasteiger partial charge < -0.3 is 24.9 Å². The standard InChI is InChI=1S/C27H26Cl2N4O4/c1-15(34)23-7-3-5-17(13-36-23)33-27-24-21(12-30-26(24)31-14-32-27)25(35)20-9-8-19(11-22(20)29)37-18-6-2-4-16(28)10-18/h2,4,6,8-12,14-15,17,23,34H,3,5,7,13H2,1H3,(H2,30,31,32,33)/t15-,17-,23+/m1/s1. The fraction of sp³-hybridized carbons (Fsp3) is 0.296. The van der Waals surface area contributed by atoms with Gasteiger partial charge in [0.1, 0.15) is 29.3 Å². The molecule has 0 aliphatic carbocycles. The van der Waals surface area contributed by atoms with E-state index in [4.69, 9.17) is 32.7 Å². The Morgan fingerprint density at radius 2 is 2.00 bits per heavy atom. The highest BCUT2D eigenvalue weighted by Gasteiger charge is 2.25. The Labute approximate surface area is 223 Å². The van der Waals surface area contributed by atoms with Crippen LogP contribution in [-0.2, 0) is 4.74 Å². The molecule has 2 aromatic carbocycles. The average Bonchev–Trinajstić information content (AvgIpc) is 3.17. The predicted molar refractivity (Wildman–Crippen MR) is 143 cm³/mol. The molecule has 4 aromatic rings. The number of nitrogens with one attached hydrogen (secondary N) is 2. The van der Waals surface area contributed by atoms with Gasteiger partial charge in [-0.05, 0) is 56.5 Å². The summed E-state index contributed by atoms with van der Waals surface area (Å²) in [5.74, 6) is 1.32. The number of fused-ring (bicyclic) bond motifs is 1. The lowest BCUT2D eigenvalue weighted by Crippen LogP contribution is -2.29. The van der Waals surface area contributed by atoms with Gasteiger partial charge in [-0.25, -0.2) is 9.97 Å². The molecule has 0 spiro atoms. The molecule has 3 N–H and O–H groups in total. The smallest absolute Gasteiger partial charge is 0.196 e. The first-order valence-corrected chi connectivity index (χ1v) is 12.8. The zero-order valence-electron chi connectivity index (χ0n) is 20.1. The van der Waals surface area contributed by atoms with Crippen molar-refractivity contribution in [3.8, 4) is 11.5 Å². The Kier molecular flexibility index (Phi) is 7.62. The molecule has 2 aromatic heterocycles. The molecule has 0 saturated carbocycles. The predicted octanol–water partition coefficient (Wildman–Crippen LogP) is 6.02. The van der Waals surface area contributed by atoms with Gasteiger partial charge in [-0.3, -0.25) is 4.79 Å². The second-order valence-corrected chi connectivity index (χ2v) is 9.91. The molecule has 1 aliphatic heterocycles. The lowest BCUT2D eigenvalue weighted by atomic mass is 10.0. The minimum absolute atomic E-state index is 0.0220. The van der Waals surface area contributed by atoms with Gasteiger partial charge in [0.15, 0.2) is 5.78 Å². The molecule has 192 valence electrons. The fourth-order valence-corrected chi connectivity index (χ4v) is 4.90. The third-order valence-electron chi connectivity index (χ3n) is 6.36. The van der Waals surface area contributed by atoms with Gasteiger partial charge in [0, 0.05) is 22.8 Å². The van der Waals surface area contributed by atoms with E-state index in [9.17, 15) is 9.90 Å². The highest BCUT2D eigenvalue weighted by molar-refractivity contribution is 6.35. The van der Waals surface area contributed by atoms with E-state index in [1.54, 1.807) is 55.6 Å². The summed E-state index contributed by atoms with van der Waals surface area (Å²) in [6.45, 7) is 2.17. The van der Waals surface area contributed by atoms with Crippen LogP contribution in [0.3, 0.4) is 0 Å². The summed E-state index contributed by atoms with van der Waals surface area (Å²) in [5.41, 5.74) is 1.27. The van der Waals surface area contributed by atoms with Gasteiger partial charge in [-0.2, -0.15) is 0 Å². The fourth-order valence-electron chi connectivity index (χ4n) is 4.47. The normalized spacial score (nSPS) is 18.8. The quantitative estimate of drug-likeness (QED) is 0.246. The molecule has 0 bridgehead atoms. The van der Waals surface area contributed by atoms with Crippen molar-refractivity contribution in [3.05, 3.63) is 76.2 Å². The highest BCUT2D eigenvalue weighted by atomic mass is 35.5. The average molecular weight is 541 g/mol. The van der Waals surface area contributed by atoms with E-state index in [1.165, 1.54) is 6.33 Å². The Balaban J connectivity index is 1.39. The molecular formula is C27H26Cl2N4O4. The van der Waals surface area contributed by atoms with Gasteiger partial charge in [0.25, 0.3) is 0 Å². The van der Waals surface area contributed by atoms with Crippen molar-refractivity contribution < 1.29 is 19.4 Å². The number of halogens is 2. The maximum absolute atomic E-state index is 13.6. The zero-order chi connectivity index (χ0) is 25.9. The second-order valence-electron chi connectivity index (χ2n) is 9.06. The summed E-state index contributed by atoms with van der Waals surface area (Å²) >= 11 is 12.6. The number of anilines is 1. The number of carbonyl (C=O) groups is 1. The molecule has 0 radical (unpaired) electrons. The molecule has 1 aliphatic rings. The summed E-state index contributed by atoms with van der Waals surface area (Å²) in [7, 11) is 0. The molecule has 0 amide bonds. The van der Waals surface area contributed by atoms with E-state index in [-0.39, 0.29) is 23.0 Å². The minimum atomic E-state index is -0.523. The number of aliphatic hydroxyl groups excluding tert-OH is 1. The maximum atomic E-state index is 13.6. The summed E-state index contributed by atoms with van der Waals surface area (Å²) in [4.78, 5) is 25.3. The number of ketones is 1. The van der Waals surface area contributed by atoms with Crippen LogP contribution in [-0.4, -0.2) is 50.7 Å². The summed E-state index contributed by atoms with van der Waals surface area (Å²) in [6, 6.07) is 11.9. The number of ether oxygens (including phenoxy) is 2. The van der Waals surface area contributed by atoms with Crippen LogP contribution >= 0.6 is 23.2 Å². The molecule has 3 atom stereocenters. The van der Waals surface area contributed by atoms with Gasteiger partial charge in [0.05, 0.1) is 40.8 Å². The van der Waals surface area contributed by atoms with Gasteiger partial charge in [-0.15, -0.1) is 0 Å². The first-order valence-electron chi connectivity index (χ1n) is 12.0. The van der Waals surface area contributed by atoms with Gasteiger partial charge in [0.2, 0.25) is 0 Å². The van der Waals surface area contributed by atoms with Crippen LogP contribution in [0, 0.1) is 0 Å². The van der Waals surface area contributed by atoms with Crippen LogP contribution in [0.5, 0.6) is 11.5 Å². The first kappa shape index (κ1) is 25.5. The molecule has 10 heteroatoms. The third kappa shape index (κ3) is 5.72. The number of benzene rings is 2. The summed E-state index contributed by atoms with van der Waals surface area (Å²) in [5, 5.41) is 14.7. The Morgan fingerprint density at radius 1 is 1.16 bits per heavy atom. The van der Waals surface area contributed by atoms with Crippen molar-refractivity contribution >= 4 is 45.8 Å². The van der Waals surface area contributed by atoms with E-state index >= 15 is 0 Å². The van der Waals surface area contributed by atoms with Crippen LogP contribution in [0.1, 0.15) is 42.1 Å². The van der Waals surface area contributed by atoms with Crippen LogP contribution < -0.4 is 10.1 Å². The lowest BCUT2D eigenvalue weighted by Gasteiger charge is -2.20. The zero-order valence-corrected chi connectivity index (χ0v) is 21.6. The topological polar surface area (TPSA) is 109 Å². The largest absolute Gasteiger partial charge is 0.457 e. The number of carbonyl (C=O) groups excluding carboxylic acids is 1. The number of aromatic amines is 1. The molecule has 1 saturated heterocycles. The summed E-state index contributed by atoms with van der Waals surface area (Å²) in [6.07, 6.45) is 4.90. The molecule has 3 heterocycles. The Hall–Kier alpha value is -3.17. The third-order valence-corrected chi connectivity index (χ3v) is 6.91. The van der Waals surface area contributed by atoms with Crippen LogP contribution in [0.4, 0.5) is 5.82 Å². The lowest BCUT2D eigenvalue weighted by molar-refractivity contribution is -0.0276. The monoisotopic (exact) mass is 540 g/mol. The van der Waals surface area contributed by atoms with Crippen molar-refractivity contribution in [2.75, 3.05) is 11.9 Å². The number of aromatic nitrogens is 3. The van der Waals surface area contributed by atoms with Gasteiger partial charge >= 0.3 is 0 Å². The Morgan fingerprint density at radius 3 is 2.78 bits per heavy atom. The molecule has 5 rings (SSSR count). The molecule has 1 fully saturated rings. The van der Waals surface area contributed by atoms with E-state index in [1.807, 2.05) is 0 Å². The molecular weight excluding hydrogens is 515 g/mol. The van der Waals surface area contributed by atoms with Crippen molar-refractivity contribution in [2.45, 2.75) is 44.4 Å².